The Labute approximate surface area is 282 Å². The molecular weight excluding hydrogens is 547 g/mol. The van der Waals surface area contributed by atoms with Gasteiger partial charge in [-0.2, -0.15) is 0 Å². The molecule has 0 saturated heterocycles. The molecule has 234 valence electrons. The van der Waals surface area contributed by atoms with E-state index < -0.39 is 10.1 Å². The molecule has 0 aliphatic heterocycles. The van der Waals surface area contributed by atoms with Crippen molar-refractivity contribution in [3.8, 4) is 0 Å². The van der Waals surface area contributed by atoms with E-state index in [0.29, 0.717) is 5.39 Å². The van der Waals surface area contributed by atoms with Crippen molar-refractivity contribution in [2.45, 2.75) is 179 Å². The quantitative estimate of drug-likeness (QED) is 0.0609. The van der Waals surface area contributed by atoms with Gasteiger partial charge in [0.1, 0.15) is 10.1 Å². The molecular formula is C37H61NaO3S. The Hall–Kier alpha value is -0.390. The first-order chi connectivity index (χ1) is 20.0. The number of benzene rings is 2. The van der Waals surface area contributed by atoms with Gasteiger partial charge in [-0.25, -0.2) is 8.42 Å². The minimum absolute atomic E-state index is 0. The van der Waals surface area contributed by atoms with Gasteiger partial charge in [-0.1, -0.05) is 167 Å². The molecule has 3 nitrogen and oxygen atoms in total. The van der Waals surface area contributed by atoms with E-state index in [2.05, 4.69) is 26.0 Å². The fraction of sp³-hybridized carbons (Fsp3) is 0.730. The predicted octanol–water partition coefficient (Wildman–Crippen LogP) is 8.85. The maximum atomic E-state index is 12.1. The summed E-state index contributed by atoms with van der Waals surface area (Å²) in [6, 6.07) is 9.80. The first-order valence-corrected chi connectivity index (χ1v) is 18.9. The second-order valence-corrected chi connectivity index (χ2v) is 13.9. The van der Waals surface area contributed by atoms with Gasteiger partial charge < -0.3 is 4.55 Å². The van der Waals surface area contributed by atoms with Crippen LogP contribution in [0.3, 0.4) is 0 Å². The van der Waals surface area contributed by atoms with E-state index in [4.69, 9.17) is 0 Å². The van der Waals surface area contributed by atoms with Crippen molar-refractivity contribution in [2.24, 2.45) is 0 Å². The summed E-state index contributed by atoms with van der Waals surface area (Å²) in [6.07, 6.45) is 32.0. The maximum Gasteiger partial charge on any atom is 1.00 e. The maximum absolute atomic E-state index is 12.1. The summed E-state index contributed by atoms with van der Waals surface area (Å²) in [5, 5.41) is 1.47. The molecule has 0 saturated carbocycles. The summed E-state index contributed by atoms with van der Waals surface area (Å²) < 4.78 is 36.4. The summed E-state index contributed by atoms with van der Waals surface area (Å²) >= 11 is 0. The molecule has 0 fully saturated rings. The summed E-state index contributed by atoms with van der Waals surface area (Å²) in [5.74, 6) is 0. The van der Waals surface area contributed by atoms with Crippen molar-refractivity contribution < 1.29 is 42.5 Å². The molecule has 42 heavy (non-hydrogen) atoms. The van der Waals surface area contributed by atoms with Crippen LogP contribution in [0.5, 0.6) is 0 Å². The first-order valence-electron chi connectivity index (χ1n) is 17.5. The van der Waals surface area contributed by atoms with Crippen LogP contribution in [0, 0.1) is 0 Å². The fourth-order valence-electron chi connectivity index (χ4n) is 6.10. The largest absolute Gasteiger partial charge is 1.00 e. The Morgan fingerprint density at radius 2 is 0.881 bits per heavy atom. The molecule has 5 heteroatoms. The van der Waals surface area contributed by atoms with E-state index in [9.17, 15) is 13.0 Å². The van der Waals surface area contributed by atoms with Crippen molar-refractivity contribution in [3.05, 3.63) is 41.5 Å². The average Bonchev–Trinajstić information content (AvgIpc) is 2.95. The second kappa shape index (κ2) is 24.9. The van der Waals surface area contributed by atoms with Crippen LogP contribution in [0.1, 0.15) is 173 Å². The third-order valence-electron chi connectivity index (χ3n) is 8.70. The van der Waals surface area contributed by atoms with Crippen LogP contribution in [0.2, 0.25) is 0 Å². The van der Waals surface area contributed by atoms with Gasteiger partial charge in [0.15, 0.2) is 0 Å². The zero-order valence-corrected chi connectivity index (χ0v) is 30.5. The Morgan fingerprint density at radius 1 is 0.500 bits per heavy atom. The molecule has 0 amide bonds. The monoisotopic (exact) mass is 608 g/mol. The van der Waals surface area contributed by atoms with E-state index in [-0.39, 0.29) is 34.5 Å². The van der Waals surface area contributed by atoms with Gasteiger partial charge >= 0.3 is 29.6 Å². The van der Waals surface area contributed by atoms with Crippen molar-refractivity contribution in [3.63, 3.8) is 0 Å². The number of hydrogen-bond acceptors (Lipinski definition) is 3. The minimum atomic E-state index is -4.52. The Bertz CT molecular complexity index is 1050. The fourth-order valence-corrected chi connectivity index (χ4v) is 6.84. The molecule has 0 radical (unpaired) electrons. The van der Waals surface area contributed by atoms with Gasteiger partial charge in [0.05, 0.1) is 4.90 Å². The second-order valence-electron chi connectivity index (χ2n) is 12.5. The minimum Gasteiger partial charge on any atom is -0.744 e. The van der Waals surface area contributed by atoms with Gasteiger partial charge in [-0.3, -0.25) is 0 Å². The molecule has 2 rings (SSSR count). The molecule has 0 aliphatic carbocycles. The zero-order valence-electron chi connectivity index (χ0n) is 27.7. The van der Waals surface area contributed by atoms with Gasteiger partial charge in [0.2, 0.25) is 0 Å². The van der Waals surface area contributed by atoms with E-state index in [0.717, 1.165) is 48.6 Å². The van der Waals surface area contributed by atoms with Gasteiger partial charge in [-0.15, -0.1) is 0 Å². The van der Waals surface area contributed by atoms with E-state index in [1.807, 2.05) is 12.1 Å². The summed E-state index contributed by atoms with van der Waals surface area (Å²) in [6.45, 7) is 4.51. The zero-order chi connectivity index (χ0) is 29.6. The number of hydrogen-bond donors (Lipinski definition) is 0. The number of unbranched alkanes of at least 4 members (excludes halogenated alkanes) is 21. The molecule has 0 heterocycles. The third-order valence-corrected chi connectivity index (χ3v) is 9.57. The van der Waals surface area contributed by atoms with Crippen LogP contribution in [0.25, 0.3) is 10.8 Å². The normalized spacial score (nSPS) is 11.7. The molecule has 2 aromatic rings. The molecule has 0 N–H and O–H groups in total. The van der Waals surface area contributed by atoms with Crippen LogP contribution in [-0.4, -0.2) is 13.0 Å². The molecule has 2 aromatic carbocycles. The van der Waals surface area contributed by atoms with Gasteiger partial charge in [0, 0.05) is 0 Å². The van der Waals surface area contributed by atoms with Crippen LogP contribution in [0.15, 0.2) is 35.2 Å². The number of aryl methyl sites for hydroxylation is 2. The number of fused-ring (bicyclic) bond motifs is 1. The standard InChI is InChI=1S/C37H62O3S.Na/c1-3-5-7-9-11-12-13-14-15-16-17-18-19-21-22-24-26-33-28-29-35-30-34(27-25-23-20-10-8-6-4-2)32-37(36(35)31-33)41(38,39)40;/h28-32H,3-27H2,1-2H3,(H,38,39,40);/q;+1/p-1. The molecule has 0 spiro atoms. The predicted molar refractivity (Wildman–Crippen MR) is 177 cm³/mol. The Balaban J connectivity index is 0.00000882. The number of rotatable bonds is 26. The summed E-state index contributed by atoms with van der Waals surface area (Å²) in [4.78, 5) is -0.0400. The van der Waals surface area contributed by atoms with Crippen LogP contribution < -0.4 is 29.6 Å². The molecule has 0 aromatic heterocycles. The Morgan fingerprint density at radius 3 is 1.29 bits per heavy atom. The van der Waals surface area contributed by atoms with E-state index >= 15 is 0 Å². The summed E-state index contributed by atoms with van der Waals surface area (Å²) in [7, 11) is -4.52. The van der Waals surface area contributed by atoms with Crippen molar-refractivity contribution in [1.29, 1.82) is 0 Å². The van der Waals surface area contributed by atoms with Crippen molar-refractivity contribution in [1.82, 2.24) is 0 Å². The molecule has 0 atom stereocenters. The topological polar surface area (TPSA) is 57.2 Å². The average molecular weight is 609 g/mol. The van der Waals surface area contributed by atoms with Crippen molar-refractivity contribution in [2.75, 3.05) is 0 Å². The smallest absolute Gasteiger partial charge is 0.744 e. The summed E-state index contributed by atoms with van der Waals surface area (Å²) in [5.41, 5.74) is 2.10. The van der Waals surface area contributed by atoms with Crippen LogP contribution >= 0.6 is 0 Å². The molecule has 0 aliphatic rings. The molecule has 0 unspecified atom stereocenters. The molecule has 0 bridgehead atoms. The van der Waals surface area contributed by atoms with Crippen molar-refractivity contribution >= 4 is 20.9 Å². The van der Waals surface area contributed by atoms with Gasteiger partial charge in [0.25, 0.3) is 0 Å². The van der Waals surface area contributed by atoms with Gasteiger partial charge in [-0.05, 0) is 59.7 Å². The third kappa shape index (κ3) is 17.8. The first kappa shape index (κ1) is 39.6. The van der Waals surface area contributed by atoms with E-state index in [1.165, 1.54) is 128 Å². The SMILES string of the molecule is CCCCCCCCCCCCCCCCCCc1ccc2cc(CCCCCCCCC)cc(S(=O)(=O)[O-])c2c1.[Na+]. The Kier molecular flexibility index (Phi) is 23.5. The van der Waals surface area contributed by atoms with Crippen LogP contribution in [-0.2, 0) is 23.0 Å². The van der Waals surface area contributed by atoms with E-state index in [1.54, 1.807) is 6.07 Å². The van der Waals surface area contributed by atoms with Crippen LogP contribution in [0.4, 0.5) is 0 Å².